The number of nitrogens with one attached hydrogen (secondary N) is 1. The molecule has 0 bridgehead atoms. The zero-order valence-electron chi connectivity index (χ0n) is 12.7. The van der Waals surface area contributed by atoms with Crippen LogP contribution in [0.3, 0.4) is 0 Å². The lowest BCUT2D eigenvalue weighted by molar-refractivity contribution is 0.329. The second-order valence-electron chi connectivity index (χ2n) is 6.71. The molecular formula is C14H28N4. The molecule has 4 nitrogen and oxygen atoms in total. The van der Waals surface area contributed by atoms with Gasteiger partial charge in [0.15, 0.2) is 0 Å². The summed E-state index contributed by atoms with van der Waals surface area (Å²) in [6, 6.07) is 0. The molecule has 1 rings (SSSR count). The van der Waals surface area contributed by atoms with Gasteiger partial charge in [-0.1, -0.05) is 19.1 Å². The molecule has 1 heterocycles. The smallest absolute Gasteiger partial charge is 0.0830 e. The number of nitrogens with zero attached hydrogens (tertiary/aromatic N) is 3. The van der Waals surface area contributed by atoms with Gasteiger partial charge in [0.2, 0.25) is 0 Å². The van der Waals surface area contributed by atoms with Gasteiger partial charge in [-0.2, -0.15) is 0 Å². The fraction of sp³-hybridized carbons (Fsp3) is 0.857. The van der Waals surface area contributed by atoms with Crippen molar-refractivity contribution in [2.24, 2.45) is 18.9 Å². The van der Waals surface area contributed by atoms with E-state index in [1.165, 1.54) is 6.42 Å². The number of rotatable bonds is 6. The minimum Gasteiger partial charge on any atom is -0.312 e. The third-order valence-corrected chi connectivity index (χ3v) is 2.87. The predicted octanol–water partition coefficient (Wildman–Crippen LogP) is 2.41. The molecule has 1 N–H and O–H groups in total. The quantitative estimate of drug-likeness (QED) is 0.845. The van der Waals surface area contributed by atoms with E-state index < -0.39 is 0 Å². The van der Waals surface area contributed by atoms with Crippen LogP contribution in [-0.2, 0) is 13.5 Å². The molecule has 1 atom stereocenters. The van der Waals surface area contributed by atoms with Gasteiger partial charge in [-0.05, 0) is 52.0 Å². The second-order valence-corrected chi connectivity index (χ2v) is 6.71. The van der Waals surface area contributed by atoms with Gasteiger partial charge in [0.1, 0.15) is 0 Å². The highest BCUT2D eigenvalue weighted by molar-refractivity contribution is 4.94. The normalized spacial score (nSPS) is 14.2. The highest BCUT2D eigenvalue weighted by Crippen LogP contribution is 2.16. The number of aryl methyl sites for hydroxylation is 1. The van der Waals surface area contributed by atoms with Gasteiger partial charge in [0, 0.05) is 18.8 Å². The fourth-order valence-electron chi connectivity index (χ4n) is 2.14. The van der Waals surface area contributed by atoms with Crippen molar-refractivity contribution in [2.75, 3.05) is 6.54 Å². The van der Waals surface area contributed by atoms with Crippen LogP contribution in [0.2, 0.25) is 0 Å². The van der Waals surface area contributed by atoms with Crippen LogP contribution in [0.4, 0.5) is 0 Å². The van der Waals surface area contributed by atoms with Gasteiger partial charge in [-0.25, -0.2) is 0 Å². The first kappa shape index (κ1) is 15.2. The van der Waals surface area contributed by atoms with Gasteiger partial charge in [-0.15, -0.1) is 5.10 Å². The van der Waals surface area contributed by atoms with E-state index >= 15 is 0 Å². The van der Waals surface area contributed by atoms with E-state index in [1.807, 2.05) is 13.2 Å². The maximum atomic E-state index is 4.19. The van der Waals surface area contributed by atoms with Crippen LogP contribution in [0.1, 0.15) is 46.7 Å². The summed E-state index contributed by atoms with van der Waals surface area (Å²) in [6.45, 7) is 12.2. The lowest BCUT2D eigenvalue weighted by Gasteiger charge is -2.26. The van der Waals surface area contributed by atoms with Gasteiger partial charge in [0.25, 0.3) is 0 Å². The van der Waals surface area contributed by atoms with Crippen LogP contribution in [0.5, 0.6) is 0 Å². The summed E-state index contributed by atoms with van der Waals surface area (Å²) in [5.74, 6) is 1.34. The van der Waals surface area contributed by atoms with E-state index in [9.17, 15) is 0 Å². The van der Waals surface area contributed by atoms with E-state index in [2.05, 4.69) is 50.2 Å². The molecule has 0 aromatic carbocycles. The minimum atomic E-state index is 0.178. The van der Waals surface area contributed by atoms with Crippen molar-refractivity contribution in [2.45, 2.75) is 53.0 Å². The van der Waals surface area contributed by atoms with Gasteiger partial charge in [-0.3, -0.25) is 4.68 Å². The first-order chi connectivity index (χ1) is 8.26. The number of hydrogen-bond acceptors (Lipinski definition) is 3. The fourth-order valence-corrected chi connectivity index (χ4v) is 2.14. The summed E-state index contributed by atoms with van der Waals surface area (Å²) < 4.78 is 1.78. The van der Waals surface area contributed by atoms with Crippen LogP contribution in [-0.4, -0.2) is 27.1 Å². The van der Waals surface area contributed by atoms with Gasteiger partial charge >= 0.3 is 0 Å². The van der Waals surface area contributed by atoms with Crippen molar-refractivity contribution in [3.8, 4) is 0 Å². The molecule has 104 valence electrons. The Balaban J connectivity index is 2.55. The zero-order chi connectivity index (χ0) is 13.8. The van der Waals surface area contributed by atoms with Gasteiger partial charge < -0.3 is 5.32 Å². The molecule has 4 heteroatoms. The number of hydrogen-bond donors (Lipinski definition) is 1. The molecule has 0 fully saturated rings. The molecule has 0 amide bonds. The van der Waals surface area contributed by atoms with Crippen molar-refractivity contribution < 1.29 is 0 Å². The molecule has 0 spiro atoms. The Morgan fingerprint density at radius 3 is 2.44 bits per heavy atom. The molecule has 18 heavy (non-hydrogen) atoms. The molecule has 1 aromatic rings. The van der Waals surface area contributed by atoms with Gasteiger partial charge in [0.05, 0.1) is 5.69 Å². The average Bonchev–Trinajstić information content (AvgIpc) is 2.58. The largest absolute Gasteiger partial charge is 0.312 e. The summed E-state index contributed by atoms with van der Waals surface area (Å²) in [5.41, 5.74) is 1.27. The predicted molar refractivity (Wildman–Crippen MR) is 75.4 cm³/mol. The lowest BCUT2D eigenvalue weighted by Crippen LogP contribution is -2.39. The molecule has 0 saturated heterocycles. The van der Waals surface area contributed by atoms with Crippen LogP contribution >= 0.6 is 0 Å². The van der Waals surface area contributed by atoms with E-state index in [1.54, 1.807) is 4.68 Å². The summed E-state index contributed by atoms with van der Waals surface area (Å²) in [4.78, 5) is 0. The summed E-state index contributed by atoms with van der Waals surface area (Å²) >= 11 is 0. The topological polar surface area (TPSA) is 42.7 Å². The standard InChI is InChI=1S/C14H28N4/c1-11(2)7-12(9-15-14(3,4)5)8-13-10-18(6)17-16-13/h10-12,15H,7-9H2,1-6H3. The average molecular weight is 252 g/mol. The van der Waals surface area contributed by atoms with E-state index in [0.29, 0.717) is 11.8 Å². The Labute approximate surface area is 111 Å². The van der Waals surface area contributed by atoms with Crippen LogP contribution in [0, 0.1) is 11.8 Å². The summed E-state index contributed by atoms with van der Waals surface area (Å²) in [5, 5.41) is 11.8. The lowest BCUT2D eigenvalue weighted by atomic mass is 9.92. The highest BCUT2D eigenvalue weighted by atomic mass is 15.4. The third kappa shape index (κ3) is 6.15. The zero-order valence-corrected chi connectivity index (χ0v) is 12.7. The Morgan fingerprint density at radius 2 is 2.00 bits per heavy atom. The Morgan fingerprint density at radius 1 is 1.33 bits per heavy atom. The molecule has 0 aliphatic heterocycles. The molecule has 0 radical (unpaired) electrons. The first-order valence-electron chi connectivity index (χ1n) is 6.86. The number of aromatic nitrogens is 3. The Hall–Kier alpha value is -0.900. The first-order valence-corrected chi connectivity index (χ1v) is 6.86. The SMILES string of the molecule is CC(C)CC(CNC(C)(C)C)Cc1cn(C)nn1. The molecule has 0 aliphatic carbocycles. The summed E-state index contributed by atoms with van der Waals surface area (Å²) in [7, 11) is 1.92. The summed E-state index contributed by atoms with van der Waals surface area (Å²) in [6.07, 6.45) is 4.25. The molecule has 0 aliphatic rings. The van der Waals surface area contributed by atoms with Crippen molar-refractivity contribution in [3.63, 3.8) is 0 Å². The highest BCUT2D eigenvalue weighted by Gasteiger charge is 2.17. The second kappa shape index (κ2) is 6.32. The van der Waals surface area contributed by atoms with Crippen molar-refractivity contribution in [3.05, 3.63) is 11.9 Å². The third-order valence-electron chi connectivity index (χ3n) is 2.87. The maximum Gasteiger partial charge on any atom is 0.0830 e. The molecular weight excluding hydrogens is 224 g/mol. The van der Waals surface area contributed by atoms with Crippen molar-refractivity contribution >= 4 is 0 Å². The van der Waals surface area contributed by atoms with E-state index in [-0.39, 0.29) is 5.54 Å². The maximum absolute atomic E-state index is 4.19. The van der Waals surface area contributed by atoms with Crippen molar-refractivity contribution in [1.29, 1.82) is 0 Å². The van der Waals surface area contributed by atoms with Crippen molar-refractivity contribution in [1.82, 2.24) is 20.3 Å². The van der Waals surface area contributed by atoms with Crippen LogP contribution in [0.25, 0.3) is 0 Å². The van der Waals surface area contributed by atoms with Crippen LogP contribution < -0.4 is 5.32 Å². The van der Waals surface area contributed by atoms with E-state index in [4.69, 9.17) is 0 Å². The Bertz CT molecular complexity index is 349. The minimum absolute atomic E-state index is 0.178. The monoisotopic (exact) mass is 252 g/mol. The van der Waals surface area contributed by atoms with Crippen LogP contribution in [0.15, 0.2) is 6.20 Å². The van der Waals surface area contributed by atoms with E-state index in [0.717, 1.165) is 18.7 Å². The molecule has 1 aromatic heterocycles. The Kier molecular flexibility index (Phi) is 5.32. The molecule has 0 saturated carbocycles. The molecule has 1 unspecified atom stereocenters.